The molecule has 25 heavy (non-hydrogen) atoms. The summed E-state index contributed by atoms with van der Waals surface area (Å²) in [5.41, 5.74) is -0.140. The second kappa shape index (κ2) is 5.27. The predicted molar refractivity (Wildman–Crippen MR) is 85.9 cm³/mol. The number of imide groups is 2. The topological polar surface area (TPSA) is 122 Å². The minimum atomic E-state index is -1.45. The van der Waals surface area contributed by atoms with Crippen molar-refractivity contribution in [1.29, 1.82) is 0 Å². The van der Waals surface area contributed by atoms with Gasteiger partial charge >= 0.3 is 6.03 Å². The minimum Gasteiger partial charge on any atom is -0.367 e. The number of carbonyl (C=O) groups excluding carboxylic acids is 3. The standard InChI is InChI=1S/C16H16N4O5/c21-13-16(14(22)18-15(23)17-13)8-9-7-10(20(24)25)4-5-11(9)19-6-2-1-3-12(16)19/h4-5,7,12H,1-3,6,8H2,(H2,17,18,21,22,23)/t12-/m0/s1. The molecule has 4 amide bonds. The summed E-state index contributed by atoms with van der Waals surface area (Å²) in [5, 5.41) is 15.5. The molecule has 1 atom stereocenters. The Bertz CT molecular complexity index is 801. The molecule has 0 saturated carbocycles. The van der Waals surface area contributed by atoms with Crippen molar-refractivity contribution in [3.63, 3.8) is 0 Å². The number of rotatable bonds is 1. The van der Waals surface area contributed by atoms with Gasteiger partial charge in [-0.1, -0.05) is 0 Å². The van der Waals surface area contributed by atoms with E-state index >= 15 is 0 Å². The van der Waals surface area contributed by atoms with E-state index in [-0.39, 0.29) is 18.2 Å². The number of nitrogens with zero attached hydrogens (tertiary/aromatic N) is 2. The van der Waals surface area contributed by atoms with E-state index in [1.165, 1.54) is 12.1 Å². The summed E-state index contributed by atoms with van der Waals surface area (Å²) in [6.45, 7) is 0.658. The first kappa shape index (κ1) is 15.6. The van der Waals surface area contributed by atoms with Crippen molar-refractivity contribution in [2.24, 2.45) is 5.41 Å². The molecule has 9 heteroatoms. The molecular formula is C16H16N4O5. The van der Waals surface area contributed by atoms with Crippen molar-refractivity contribution in [1.82, 2.24) is 10.6 Å². The van der Waals surface area contributed by atoms with Gasteiger partial charge in [0.2, 0.25) is 11.8 Å². The summed E-state index contributed by atoms with van der Waals surface area (Å²) in [5.74, 6) is -1.26. The van der Waals surface area contributed by atoms with Crippen molar-refractivity contribution < 1.29 is 19.3 Å². The molecule has 1 aromatic rings. The molecule has 3 aliphatic heterocycles. The third-order valence-corrected chi connectivity index (χ3v) is 5.39. The summed E-state index contributed by atoms with van der Waals surface area (Å²) in [4.78, 5) is 49.5. The molecule has 0 bridgehead atoms. The highest BCUT2D eigenvalue weighted by Crippen LogP contribution is 2.47. The van der Waals surface area contributed by atoms with Gasteiger partial charge in [-0.2, -0.15) is 0 Å². The summed E-state index contributed by atoms with van der Waals surface area (Å²) in [6.07, 6.45) is 2.46. The fourth-order valence-electron chi connectivity index (χ4n) is 4.28. The molecule has 0 aliphatic carbocycles. The molecule has 2 N–H and O–H groups in total. The Morgan fingerprint density at radius 2 is 1.88 bits per heavy atom. The second-order valence-corrected chi connectivity index (χ2v) is 6.66. The van der Waals surface area contributed by atoms with Crippen LogP contribution in [0.25, 0.3) is 0 Å². The largest absolute Gasteiger partial charge is 0.367 e. The predicted octanol–water partition coefficient (Wildman–Crippen LogP) is 0.862. The highest BCUT2D eigenvalue weighted by atomic mass is 16.6. The van der Waals surface area contributed by atoms with Crippen LogP contribution in [-0.2, 0) is 16.0 Å². The van der Waals surface area contributed by atoms with Crippen LogP contribution < -0.4 is 15.5 Å². The third kappa shape index (κ3) is 2.11. The van der Waals surface area contributed by atoms with Gasteiger partial charge in [-0.25, -0.2) is 4.79 Å². The molecule has 0 unspecified atom stereocenters. The van der Waals surface area contributed by atoms with Gasteiger partial charge in [-0.05, 0) is 30.9 Å². The van der Waals surface area contributed by atoms with Gasteiger partial charge in [0.1, 0.15) is 0 Å². The summed E-state index contributed by atoms with van der Waals surface area (Å²) < 4.78 is 0. The lowest BCUT2D eigenvalue weighted by molar-refractivity contribution is -0.384. The van der Waals surface area contributed by atoms with Crippen molar-refractivity contribution in [2.75, 3.05) is 11.4 Å². The number of barbiturate groups is 1. The molecule has 1 spiro atoms. The number of hydrogen-bond donors (Lipinski definition) is 2. The number of nitro benzene ring substituents is 1. The lowest BCUT2D eigenvalue weighted by Crippen LogP contribution is -2.71. The SMILES string of the molecule is O=C1NC(=O)C2(Cc3cc([N+](=O)[O-])ccc3N3CCCC[C@H]32)C(=O)N1. The van der Waals surface area contributed by atoms with Gasteiger partial charge < -0.3 is 4.90 Å². The van der Waals surface area contributed by atoms with Crippen molar-refractivity contribution in [3.8, 4) is 0 Å². The van der Waals surface area contributed by atoms with Gasteiger partial charge in [-0.3, -0.25) is 30.3 Å². The Morgan fingerprint density at radius 3 is 2.56 bits per heavy atom. The number of urea groups is 1. The van der Waals surface area contributed by atoms with E-state index in [2.05, 4.69) is 10.6 Å². The Balaban J connectivity index is 1.88. The van der Waals surface area contributed by atoms with E-state index in [4.69, 9.17) is 0 Å². The molecule has 2 fully saturated rings. The van der Waals surface area contributed by atoms with Crippen molar-refractivity contribution in [3.05, 3.63) is 33.9 Å². The fourth-order valence-corrected chi connectivity index (χ4v) is 4.28. The van der Waals surface area contributed by atoms with Crippen LogP contribution in [-0.4, -0.2) is 35.4 Å². The Hall–Kier alpha value is -2.97. The van der Waals surface area contributed by atoms with E-state index in [0.29, 0.717) is 18.5 Å². The smallest absolute Gasteiger partial charge is 0.328 e. The number of hydrogen-bond acceptors (Lipinski definition) is 6. The minimum absolute atomic E-state index is 0.0378. The molecule has 130 valence electrons. The first-order valence-corrected chi connectivity index (χ1v) is 8.14. The van der Waals surface area contributed by atoms with Crippen LogP contribution in [0.4, 0.5) is 16.2 Å². The summed E-state index contributed by atoms with van der Waals surface area (Å²) in [6, 6.07) is 3.34. The molecule has 3 aliphatic rings. The first-order chi connectivity index (χ1) is 11.9. The number of amides is 4. The molecule has 2 saturated heterocycles. The highest BCUT2D eigenvalue weighted by Gasteiger charge is 2.60. The number of piperidine rings is 1. The summed E-state index contributed by atoms with van der Waals surface area (Å²) in [7, 11) is 0. The third-order valence-electron chi connectivity index (χ3n) is 5.39. The van der Waals surface area contributed by atoms with Crippen LogP contribution in [0.1, 0.15) is 24.8 Å². The molecule has 4 rings (SSSR count). The lowest BCUT2D eigenvalue weighted by Gasteiger charge is -2.52. The van der Waals surface area contributed by atoms with E-state index < -0.39 is 28.2 Å². The maximum Gasteiger partial charge on any atom is 0.328 e. The fraction of sp³-hybridized carbons (Fsp3) is 0.438. The van der Waals surface area contributed by atoms with Crippen LogP contribution in [0.3, 0.4) is 0 Å². The monoisotopic (exact) mass is 344 g/mol. The summed E-state index contributed by atoms with van der Waals surface area (Å²) >= 11 is 0. The zero-order valence-electron chi connectivity index (χ0n) is 13.3. The van der Waals surface area contributed by atoms with Gasteiger partial charge in [0.05, 0.1) is 11.0 Å². The normalized spacial score (nSPS) is 24.2. The van der Waals surface area contributed by atoms with Gasteiger partial charge in [-0.15, -0.1) is 0 Å². The van der Waals surface area contributed by atoms with Gasteiger partial charge in [0.25, 0.3) is 5.69 Å². The number of nitro groups is 1. The van der Waals surface area contributed by atoms with Crippen LogP contribution in [0.5, 0.6) is 0 Å². The van der Waals surface area contributed by atoms with Gasteiger partial charge in [0.15, 0.2) is 5.41 Å². The quantitative estimate of drug-likeness (QED) is 0.443. The van der Waals surface area contributed by atoms with E-state index in [1.807, 2.05) is 4.90 Å². The first-order valence-electron chi connectivity index (χ1n) is 8.14. The van der Waals surface area contributed by atoms with Crippen LogP contribution in [0, 0.1) is 15.5 Å². The molecule has 1 aromatic carbocycles. The van der Waals surface area contributed by atoms with Crippen molar-refractivity contribution in [2.45, 2.75) is 31.7 Å². The van der Waals surface area contributed by atoms with Gasteiger partial charge in [0, 0.05) is 30.8 Å². The number of anilines is 1. The second-order valence-electron chi connectivity index (χ2n) is 6.66. The maximum absolute atomic E-state index is 12.7. The number of nitrogens with one attached hydrogen (secondary N) is 2. The van der Waals surface area contributed by atoms with Crippen LogP contribution >= 0.6 is 0 Å². The number of benzene rings is 1. The Kier molecular flexibility index (Phi) is 3.28. The number of fused-ring (bicyclic) bond motifs is 4. The Labute approximate surface area is 142 Å². The molecule has 0 aromatic heterocycles. The maximum atomic E-state index is 12.7. The molecule has 3 heterocycles. The van der Waals surface area contributed by atoms with Crippen LogP contribution in [0.15, 0.2) is 18.2 Å². The number of non-ortho nitro benzene ring substituents is 1. The van der Waals surface area contributed by atoms with E-state index in [0.717, 1.165) is 18.5 Å². The molecule has 0 radical (unpaired) electrons. The highest BCUT2D eigenvalue weighted by molar-refractivity contribution is 6.20. The molecular weight excluding hydrogens is 328 g/mol. The average Bonchev–Trinajstić information content (AvgIpc) is 2.58. The average molecular weight is 344 g/mol. The Morgan fingerprint density at radius 1 is 1.16 bits per heavy atom. The van der Waals surface area contributed by atoms with E-state index in [1.54, 1.807) is 6.07 Å². The zero-order valence-corrected chi connectivity index (χ0v) is 13.3. The van der Waals surface area contributed by atoms with Crippen molar-refractivity contribution >= 4 is 29.2 Å². The number of carbonyl (C=O) groups is 3. The van der Waals surface area contributed by atoms with E-state index in [9.17, 15) is 24.5 Å². The lowest BCUT2D eigenvalue weighted by atomic mass is 9.66. The molecule has 9 nitrogen and oxygen atoms in total. The zero-order chi connectivity index (χ0) is 17.8. The van der Waals surface area contributed by atoms with Crippen LogP contribution in [0.2, 0.25) is 0 Å².